The van der Waals surface area contributed by atoms with Crippen molar-refractivity contribution in [3.63, 3.8) is 0 Å². The highest BCUT2D eigenvalue weighted by Gasteiger charge is 2.11. The van der Waals surface area contributed by atoms with Gasteiger partial charge in [-0.05, 0) is 31.5 Å². The van der Waals surface area contributed by atoms with Crippen LogP contribution < -0.4 is 5.32 Å². The Labute approximate surface area is 123 Å². The van der Waals surface area contributed by atoms with Crippen molar-refractivity contribution in [2.24, 2.45) is 0 Å². The summed E-state index contributed by atoms with van der Waals surface area (Å²) >= 11 is 6.05. The number of nitrogens with zero attached hydrogens (tertiary/aromatic N) is 2. The van der Waals surface area contributed by atoms with E-state index in [0.29, 0.717) is 18.0 Å². The second-order valence-corrected chi connectivity index (χ2v) is 5.27. The number of halogens is 1. The summed E-state index contributed by atoms with van der Waals surface area (Å²) in [6, 6.07) is 9.47. The lowest BCUT2D eigenvalue weighted by Gasteiger charge is -2.12. The molecule has 0 unspecified atom stereocenters. The molecule has 4 nitrogen and oxygen atoms in total. The fourth-order valence-electron chi connectivity index (χ4n) is 1.95. The van der Waals surface area contributed by atoms with Crippen LogP contribution >= 0.6 is 11.6 Å². The zero-order chi connectivity index (χ0) is 14.5. The Bertz CT molecular complexity index is 594. The lowest BCUT2D eigenvalue weighted by atomic mass is 10.2. The third kappa shape index (κ3) is 3.84. The van der Waals surface area contributed by atoms with Gasteiger partial charge in [-0.3, -0.25) is 9.48 Å². The van der Waals surface area contributed by atoms with Gasteiger partial charge in [-0.15, -0.1) is 0 Å². The molecular weight excluding hydrogens is 274 g/mol. The molecule has 0 aliphatic heterocycles. The van der Waals surface area contributed by atoms with Gasteiger partial charge in [0.25, 0.3) is 0 Å². The summed E-state index contributed by atoms with van der Waals surface area (Å²) in [6.45, 7) is 4.35. The number of hydrogen-bond acceptors (Lipinski definition) is 2. The minimum absolute atomic E-state index is 0.00873. The molecular formula is C15H18ClN3O. The molecule has 0 aliphatic rings. The SMILES string of the molecule is Cc1ccn([C@@H](C)CC(=O)NCc2ccccc2Cl)n1. The van der Waals surface area contributed by atoms with Crippen LogP contribution in [0.25, 0.3) is 0 Å². The number of hydrogen-bond donors (Lipinski definition) is 1. The lowest BCUT2D eigenvalue weighted by Crippen LogP contribution is -2.25. The average Bonchev–Trinajstić information content (AvgIpc) is 2.84. The van der Waals surface area contributed by atoms with Gasteiger partial charge < -0.3 is 5.32 Å². The second-order valence-electron chi connectivity index (χ2n) is 4.86. The topological polar surface area (TPSA) is 46.9 Å². The Hall–Kier alpha value is -1.81. The highest BCUT2D eigenvalue weighted by Crippen LogP contribution is 2.15. The summed E-state index contributed by atoms with van der Waals surface area (Å²) < 4.78 is 1.81. The van der Waals surface area contributed by atoms with Crippen LogP contribution in [-0.4, -0.2) is 15.7 Å². The summed E-state index contributed by atoms with van der Waals surface area (Å²) in [4.78, 5) is 11.9. The van der Waals surface area contributed by atoms with Crippen molar-refractivity contribution in [3.05, 3.63) is 52.8 Å². The van der Waals surface area contributed by atoms with Crippen LogP contribution in [0.1, 0.15) is 30.6 Å². The van der Waals surface area contributed by atoms with E-state index in [1.165, 1.54) is 0 Å². The van der Waals surface area contributed by atoms with Gasteiger partial charge in [-0.1, -0.05) is 29.8 Å². The number of aromatic nitrogens is 2. The number of benzene rings is 1. The molecule has 0 saturated heterocycles. The summed E-state index contributed by atoms with van der Waals surface area (Å²) in [5, 5.41) is 7.86. The quantitative estimate of drug-likeness (QED) is 0.920. The summed E-state index contributed by atoms with van der Waals surface area (Å²) in [6.07, 6.45) is 2.28. The minimum Gasteiger partial charge on any atom is -0.352 e. The maximum atomic E-state index is 11.9. The van der Waals surface area contributed by atoms with Crippen LogP contribution in [0.4, 0.5) is 0 Å². The van der Waals surface area contributed by atoms with Crippen LogP contribution in [0.15, 0.2) is 36.5 Å². The highest BCUT2D eigenvalue weighted by atomic mass is 35.5. The molecule has 2 rings (SSSR count). The maximum absolute atomic E-state index is 11.9. The predicted octanol–water partition coefficient (Wildman–Crippen LogP) is 3.11. The molecule has 0 fully saturated rings. The molecule has 0 spiro atoms. The Balaban J connectivity index is 1.85. The van der Waals surface area contributed by atoms with Crippen molar-refractivity contribution < 1.29 is 4.79 Å². The van der Waals surface area contributed by atoms with E-state index in [1.54, 1.807) is 0 Å². The maximum Gasteiger partial charge on any atom is 0.222 e. The highest BCUT2D eigenvalue weighted by molar-refractivity contribution is 6.31. The molecule has 0 bridgehead atoms. The average molecular weight is 292 g/mol. The summed E-state index contributed by atoms with van der Waals surface area (Å²) in [5.74, 6) is -0.00873. The molecule has 0 saturated carbocycles. The molecule has 1 amide bonds. The third-order valence-corrected chi connectivity index (χ3v) is 3.48. The number of rotatable bonds is 5. The van der Waals surface area contributed by atoms with E-state index >= 15 is 0 Å². The van der Waals surface area contributed by atoms with Crippen molar-refractivity contribution in [1.82, 2.24) is 15.1 Å². The van der Waals surface area contributed by atoms with Gasteiger partial charge in [-0.25, -0.2) is 0 Å². The first-order chi connectivity index (χ1) is 9.56. The number of carbonyl (C=O) groups is 1. The van der Waals surface area contributed by atoms with Gasteiger partial charge in [0.1, 0.15) is 0 Å². The zero-order valence-corrected chi connectivity index (χ0v) is 12.4. The van der Waals surface area contributed by atoms with E-state index in [2.05, 4.69) is 10.4 Å². The van der Waals surface area contributed by atoms with Gasteiger partial charge in [0, 0.05) is 24.2 Å². The Kier molecular flexibility index (Phi) is 4.79. The van der Waals surface area contributed by atoms with Crippen molar-refractivity contribution >= 4 is 17.5 Å². The van der Waals surface area contributed by atoms with Crippen molar-refractivity contribution in [2.75, 3.05) is 0 Å². The van der Waals surface area contributed by atoms with Crippen LogP contribution in [0.5, 0.6) is 0 Å². The molecule has 5 heteroatoms. The molecule has 1 atom stereocenters. The first kappa shape index (κ1) is 14.6. The molecule has 0 aliphatic carbocycles. The molecule has 1 aromatic heterocycles. The Morgan fingerprint density at radius 3 is 2.80 bits per heavy atom. The van der Waals surface area contributed by atoms with E-state index in [1.807, 2.05) is 55.1 Å². The van der Waals surface area contributed by atoms with E-state index in [-0.39, 0.29) is 11.9 Å². The van der Waals surface area contributed by atoms with Gasteiger partial charge >= 0.3 is 0 Å². The smallest absolute Gasteiger partial charge is 0.222 e. The minimum atomic E-state index is -0.00873. The van der Waals surface area contributed by atoms with Crippen molar-refractivity contribution in [1.29, 1.82) is 0 Å². The van der Waals surface area contributed by atoms with Crippen LogP contribution in [-0.2, 0) is 11.3 Å². The van der Waals surface area contributed by atoms with Crippen molar-refractivity contribution in [3.8, 4) is 0 Å². The van der Waals surface area contributed by atoms with Gasteiger partial charge in [0.05, 0.1) is 11.7 Å². The first-order valence-corrected chi connectivity index (χ1v) is 6.96. The predicted molar refractivity (Wildman–Crippen MR) is 79.6 cm³/mol. The van der Waals surface area contributed by atoms with E-state index in [9.17, 15) is 4.79 Å². The van der Waals surface area contributed by atoms with Gasteiger partial charge in [0.15, 0.2) is 0 Å². The van der Waals surface area contributed by atoms with Gasteiger partial charge in [0.2, 0.25) is 5.91 Å². The van der Waals surface area contributed by atoms with Crippen molar-refractivity contribution in [2.45, 2.75) is 32.9 Å². The normalized spacial score (nSPS) is 12.2. The second kappa shape index (κ2) is 6.57. The fraction of sp³-hybridized carbons (Fsp3) is 0.333. The van der Waals surface area contributed by atoms with E-state index < -0.39 is 0 Å². The number of aryl methyl sites for hydroxylation is 1. The Morgan fingerprint density at radius 1 is 1.40 bits per heavy atom. The molecule has 1 heterocycles. The van der Waals surface area contributed by atoms with Crippen LogP contribution in [0, 0.1) is 6.92 Å². The van der Waals surface area contributed by atoms with E-state index in [0.717, 1.165) is 11.3 Å². The molecule has 1 N–H and O–H groups in total. The number of carbonyl (C=O) groups excluding carboxylic acids is 1. The number of amides is 1. The zero-order valence-electron chi connectivity index (χ0n) is 11.6. The summed E-state index contributed by atoms with van der Waals surface area (Å²) in [5.41, 5.74) is 1.87. The van der Waals surface area contributed by atoms with Gasteiger partial charge in [-0.2, -0.15) is 5.10 Å². The molecule has 20 heavy (non-hydrogen) atoms. The van der Waals surface area contributed by atoms with Crippen LogP contribution in [0.2, 0.25) is 5.02 Å². The molecule has 106 valence electrons. The molecule has 2 aromatic rings. The summed E-state index contributed by atoms with van der Waals surface area (Å²) in [7, 11) is 0. The first-order valence-electron chi connectivity index (χ1n) is 6.58. The number of nitrogens with one attached hydrogen (secondary N) is 1. The Morgan fingerprint density at radius 2 is 2.15 bits per heavy atom. The fourth-order valence-corrected chi connectivity index (χ4v) is 2.15. The molecule has 1 aromatic carbocycles. The standard InChI is InChI=1S/C15H18ClN3O/c1-11-7-8-19(18-11)12(2)9-15(20)17-10-13-5-3-4-6-14(13)16/h3-8,12H,9-10H2,1-2H3,(H,17,20)/t12-/m0/s1. The molecule has 0 radical (unpaired) electrons. The monoisotopic (exact) mass is 291 g/mol. The van der Waals surface area contributed by atoms with Crippen LogP contribution in [0.3, 0.4) is 0 Å². The largest absolute Gasteiger partial charge is 0.352 e. The lowest BCUT2D eigenvalue weighted by molar-refractivity contribution is -0.122. The van der Waals surface area contributed by atoms with E-state index in [4.69, 9.17) is 11.6 Å². The third-order valence-electron chi connectivity index (χ3n) is 3.11.